The van der Waals surface area contributed by atoms with Crippen molar-refractivity contribution in [3.63, 3.8) is 0 Å². The zero-order valence-electron chi connectivity index (χ0n) is 16.1. The standard InChI is InChI=1S/C22H21N3O5/c26-17(11-14-7-3-1-4-8-14)24-18-16-12-23-20(27)19(25(16)21(18)28)22(29)30-13-15-9-5-2-6-10-15/h1-10,16,18,29H,11-13H2,(H,23,27)(H,24,26)/b22-19-/t16-,18+/m1/s1. The highest BCUT2D eigenvalue weighted by atomic mass is 16.6. The minimum absolute atomic E-state index is 0.0490. The number of fused-ring (bicyclic) bond motifs is 1. The number of benzene rings is 2. The Morgan fingerprint density at radius 3 is 2.37 bits per heavy atom. The van der Waals surface area contributed by atoms with Crippen LogP contribution in [0.15, 0.2) is 72.3 Å². The number of nitrogens with zero attached hydrogens (tertiary/aromatic N) is 1. The molecule has 2 heterocycles. The van der Waals surface area contributed by atoms with Crippen molar-refractivity contribution in [1.29, 1.82) is 0 Å². The lowest BCUT2D eigenvalue weighted by Crippen LogP contribution is -2.76. The van der Waals surface area contributed by atoms with Crippen LogP contribution in [0.5, 0.6) is 0 Å². The summed E-state index contributed by atoms with van der Waals surface area (Å²) in [6.07, 6.45) is 0.151. The molecule has 154 valence electrons. The van der Waals surface area contributed by atoms with Crippen molar-refractivity contribution in [2.75, 3.05) is 6.54 Å². The third kappa shape index (κ3) is 3.84. The van der Waals surface area contributed by atoms with Crippen LogP contribution in [0, 0.1) is 0 Å². The van der Waals surface area contributed by atoms with Crippen molar-refractivity contribution in [3.8, 4) is 0 Å². The average Bonchev–Trinajstić information content (AvgIpc) is 2.77. The van der Waals surface area contributed by atoms with Gasteiger partial charge < -0.3 is 20.5 Å². The lowest BCUT2D eigenvalue weighted by molar-refractivity contribution is -0.155. The summed E-state index contributed by atoms with van der Waals surface area (Å²) in [6.45, 7) is 0.226. The molecule has 8 nitrogen and oxygen atoms in total. The number of aliphatic hydroxyl groups is 1. The molecule has 0 aromatic heterocycles. The molecule has 3 amide bonds. The van der Waals surface area contributed by atoms with Gasteiger partial charge in [0.2, 0.25) is 5.91 Å². The number of carbonyl (C=O) groups is 3. The van der Waals surface area contributed by atoms with E-state index in [2.05, 4.69) is 10.6 Å². The molecule has 2 aliphatic rings. The van der Waals surface area contributed by atoms with Crippen molar-refractivity contribution < 1.29 is 24.2 Å². The summed E-state index contributed by atoms with van der Waals surface area (Å²) in [5.74, 6) is -1.96. The second kappa shape index (κ2) is 8.28. The van der Waals surface area contributed by atoms with E-state index in [-0.39, 0.29) is 31.2 Å². The Balaban J connectivity index is 1.42. The zero-order valence-corrected chi connectivity index (χ0v) is 16.1. The van der Waals surface area contributed by atoms with Gasteiger partial charge in [-0.15, -0.1) is 0 Å². The second-order valence-electron chi connectivity index (χ2n) is 7.12. The molecule has 2 fully saturated rings. The molecule has 0 radical (unpaired) electrons. The van der Waals surface area contributed by atoms with E-state index >= 15 is 0 Å². The lowest BCUT2D eigenvalue weighted by atomic mass is 9.91. The van der Waals surface area contributed by atoms with Crippen molar-refractivity contribution in [2.24, 2.45) is 0 Å². The Kier molecular flexibility index (Phi) is 5.38. The molecular formula is C22H21N3O5. The third-order valence-corrected chi connectivity index (χ3v) is 5.09. The molecule has 0 saturated carbocycles. The van der Waals surface area contributed by atoms with E-state index in [1.807, 2.05) is 60.7 Å². The highest BCUT2D eigenvalue weighted by molar-refractivity contribution is 6.05. The van der Waals surface area contributed by atoms with Gasteiger partial charge in [-0.1, -0.05) is 60.7 Å². The van der Waals surface area contributed by atoms with E-state index in [1.54, 1.807) is 0 Å². The number of amides is 3. The summed E-state index contributed by atoms with van der Waals surface area (Å²) in [5.41, 5.74) is 1.40. The van der Waals surface area contributed by atoms with Crippen LogP contribution in [0.2, 0.25) is 0 Å². The zero-order chi connectivity index (χ0) is 21.1. The Morgan fingerprint density at radius 2 is 1.70 bits per heavy atom. The highest BCUT2D eigenvalue weighted by Crippen LogP contribution is 2.30. The average molecular weight is 407 g/mol. The van der Waals surface area contributed by atoms with E-state index in [0.717, 1.165) is 11.1 Å². The number of β-lactam (4-membered cyclic amide) rings is 1. The van der Waals surface area contributed by atoms with E-state index in [1.165, 1.54) is 4.90 Å². The lowest BCUT2D eigenvalue weighted by Gasteiger charge is -2.49. The second-order valence-corrected chi connectivity index (χ2v) is 7.12. The normalized spacial score (nSPS) is 21.8. The van der Waals surface area contributed by atoms with Crippen LogP contribution in [-0.4, -0.2) is 46.4 Å². The first-order chi connectivity index (χ1) is 14.5. The monoisotopic (exact) mass is 407 g/mol. The summed E-state index contributed by atoms with van der Waals surface area (Å²) in [5, 5.41) is 15.7. The van der Waals surface area contributed by atoms with Gasteiger partial charge in [-0.25, -0.2) is 0 Å². The van der Waals surface area contributed by atoms with E-state index in [4.69, 9.17) is 4.74 Å². The van der Waals surface area contributed by atoms with Crippen LogP contribution in [-0.2, 0) is 32.1 Å². The van der Waals surface area contributed by atoms with Gasteiger partial charge in [-0.05, 0) is 11.1 Å². The molecule has 0 aliphatic carbocycles. The predicted octanol–water partition coefficient (Wildman–Crippen LogP) is 0.998. The van der Waals surface area contributed by atoms with Gasteiger partial charge in [0.25, 0.3) is 11.8 Å². The number of hydrogen-bond acceptors (Lipinski definition) is 5. The Hall–Kier alpha value is -3.81. The molecule has 2 saturated heterocycles. The van der Waals surface area contributed by atoms with Crippen LogP contribution in [0.25, 0.3) is 0 Å². The summed E-state index contributed by atoms with van der Waals surface area (Å²) in [6, 6.07) is 17.1. The fraction of sp³-hybridized carbons (Fsp3) is 0.227. The summed E-state index contributed by atoms with van der Waals surface area (Å²) >= 11 is 0. The first-order valence-corrected chi connectivity index (χ1v) is 9.59. The molecule has 4 rings (SSSR count). The summed E-state index contributed by atoms with van der Waals surface area (Å²) in [4.78, 5) is 38.4. The van der Waals surface area contributed by atoms with E-state index in [0.29, 0.717) is 0 Å². The molecule has 0 spiro atoms. The smallest absolute Gasteiger partial charge is 0.307 e. The largest absolute Gasteiger partial charge is 0.479 e. The van der Waals surface area contributed by atoms with E-state index < -0.39 is 29.8 Å². The number of ether oxygens (including phenoxy) is 1. The maximum atomic E-state index is 12.6. The number of aliphatic hydroxyl groups excluding tert-OH is 1. The van der Waals surface area contributed by atoms with E-state index in [9.17, 15) is 19.5 Å². The number of hydrogen-bond donors (Lipinski definition) is 3. The van der Waals surface area contributed by atoms with Gasteiger partial charge in [-0.2, -0.15) is 0 Å². The topological polar surface area (TPSA) is 108 Å². The molecule has 2 aromatic rings. The predicted molar refractivity (Wildman–Crippen MR) is 107 cm³/mol. The van der Waals surface area contributed by atoms with Crippen LogP contribution in [0.3, 0.4) is 0 Å². The Morgan fingerprint density at radius 1 is 1.07 bits per heavy atom. The fourth-order valence-electron chi connectivity index (χ4n) is 3.58. The van der Waals surface area contributed by atoms with Crippen LogP contribution < -0.4 is 10.6 Å². The summed E-state index contributed by atoms with van der Waals surface area (Å²) < 4.78 is 5.33. The molecule has 0 bridgehead atoms. The minimum Gasteiger partial charge on any atom is -0.479 e. The van der Waals surface area contributed by atoms with Crippen molar-refractivity contribution in [2.45, 2.75) is 25.1 Å². The molecule has 2 aliphatic heterocycles. The highest BCUT2D eigenvalue weighted by Gasteiger charge is 2.54. The number of nitrogens with one attached hydrogen (secondary N) is 2. The van der Waals surface area contributed by atoms with Crippen LogP contribution >= 0.6 is 0 Å². The molecule has 8 heteroatoms. The van der Waals surface area contributed by atoms with Crippen molar-refractivity contribution >= 4 is 17.7 Å². The SMILES string of the molecule is O=C(Cc1ccccc1)N[C@@H]1C(=O)N2/C(=C(/O)OCc3ccccc3)C(=O)NC[C@H]12. The third-order valence-electron chi connectivity index (χ3n) is 5.09. The minimum atomic E-state index is -0.765. The van der Waals surface area contributed by atoms with Crippen molar-refractivity contribution in [3.05, 3.63) is 83.4 Å². The van der Waals surface area contributed by atoms with Gasteiger partial charge in [0.1, 0.15) is 12.6 Å². The molecule has 30 heavy (non-hydrogen) atoms. The van der Waals surface area contributed by atoms with Gasteiger partial charge in [-0.3, -0.25) is 19.3 Å². The number of rotatable bonds is 6. The molecule has 2 aromatic carbocycles. The first-order valence-electron chi connectivity index (χ1n) is 9.59. The van der Waals surface area contributed by atoms with Gasteiger partial charge in [0.15, 0.2) is 5.70 Å². The maximum absolute atomic E-state index is 12.6. The van der Waals surface area contributed by atoms with Crippen molar-refractivity contribution in [1.82, 2.24) is 15.5 Å². The van der Waals surface area contributed by atoms with Crippen LogP contribution in [0.1, 0.15) is 11.1 Å². The van der Waals surface area contributed by atoms with Gasteiger partial charge in [0, 0.05) is 6.54 Å². The van der Waals surface area contributed by atoms with Gasteiger partial charge in [0.05, 0.1) is 12.5 Å². The molecule has 3 N–H and O–H groups in total. The first kappa shape index (κ1) is 19.5. The Bertz CT molecular complexity index is 990. The fourth-order valence-corrected chi connectivity index (χ4v) is 3.58. The number of carbonyl (C=O) groups excluding carboxylic acids is 3. The maximum Gasteiger partial charge on any atom is 0.307 e. The van der Waals surface area contributed by atoms with Crippen LogP contribution in [0.4, 0.5) is 0 Å². The summed E-state index contributed by atoms with van der Waals surface area (Å²) in [7, 11) is 0. The quantitative estimate of drug-likeness (QED) is 0.376. The number of piperazine rings is 1. The molecular weight excluding hydrogens is 386 g/mol. The Labute approximate surface area is 173 Å². The van der Waals surface area contributed by atoms with Gasteiger partial charge >= 0.3 is 5.95 Å². The molecule has 0 unspecified atom stereocenters. The molecule has 2 atom stereocenters.